The molecule has 0 bridgehead atoms. The Bertz CT molecular complexity index is 591. The second kappa shape index (κ2) is 6.64. The predicted octanol–water partition coefficient (Wildman–Crippen LogP) is 3.88. The first kappa shape index (κ1) is 15.4. The van der Waals surface area contributed by atoms with Crippen LogP contribution in [0.15, 0.2) is 42.5 Å². The van der Waals surface area contributed by atoms with Crippen LogP contribution in [0.4, 0.5) is 0 Å². The number of nitrogens with two attached hydrogens (primary N) is 1. The van der Waals surface area contributed by atoms with Crippen molar-refractivity contribution in [2.24, 2.45) is 5.73 Å². The summed E-state index contributed by atoms with van der Waals surface area (Å²) in [6, 6.07) is 13.9. The summed E-state index contributed by atoms with van der Waals surface area (Å²) in [5.74, 6) is 2.03. The molecule has 0 aliphatic heterocycles. The SMILES string of the molecule is COc1ccc(C(N)c2ccc(C(C)C)cc2)c(OC)c1. The van der Waals surface area contributed by atoms with Crippen molar-refractivity contribution >= 4 is 0 Å². The van der Waals surface area contributed by atoms with E-state index in [9.17, 15) is 0 Å². The predicted molar refractivity (Wildman–Crippen MR) is 86.1 cm³/mol. The van der Waals surface area contributed by atoms with E-state index in [0.29, 0.717) is 5.92 Å². The molecule has 2 aromatic carbocycles. The third-order valence-corrected chi connectivity index (χ3v) is 3.74. The molecule has 0 fully saturated rings. The number of ether oxygens (including phenoxy) is 2. The van der Waals surface area contributed by atoms with Crippen molar-refractivity contribution in [1.82, 2.24) is 0 Å². The fourth-order valence-corrected chi connectivity index (χ4v) is 2.34. The summed E-state index contributed by atoms with van der Waals surface area (Å²) in [5, 5.41) is 0. The van der Waals surface area contributed by atoms with Gasteiger partial charge >= 0.3 is 0 Å². The molecule has 0 aliphatic rings. The zero-order valence-corrected chi connectivity index (χ0v) is 13.1. The van der Waals surface area contributed by atoms with Gasteiger partial charge in [0.1, 0.15) is 11.5 Å². The molecule has 112 valence electrons. The fraction of sp³-hybridized carbons (Fsp3) is 0.333. The lowest BCUT2D eigenvalue weighted by atomic mass is 9.95. The summed E-state index contributed by atoms with van der Waals surface area (Å²) in [7, 11) is 3.28. The summed E-state index contributed by atoms with van der Waals surface area (Å²) in [5.41, 5.74) is 9.73. The molecule has 0 amide bonds. The summed E-state index contributed by atoms with van der Waals surface area (Å²) in [6.45, 7) is 4.36. The Morgan fingerprint density at radius 2 is 1.48 bits per heavy atom. The van der Waals surface area contributed by atoms with Gasteiger partial charge in [0.15, 0.2) is 0 Å². The highest BCUT2D eigenvalue weighted by Crippen LogP contribution is 2.32. The van der Waals surface area contributed by atoms with Crippen molar-refractivity contribution in [2.75, 3.05) is 14.2 Å². The normalized spacial score (nSPS) is 12.3. The lowest BCUT2D eigenvalue weighted by Gasteiger charge is -2.17. The Hall–Kier alpha value is -2.00. The van der Waals surface area contributed by atoms with E-state index in [-0.39, 0.29) is 6.04 Å². The third kappa shape index (κ3) is 3.37. The van der Waals surface area contributed by atoms with Gasteiger partial charge in [-0.15, -0.1) is 0 Å². The molecule has 21 heavy (non-hydrogen) atoms. The van der Waals surface area contributed by atoms with E-state index in [4.69, 9.17) is 15.2 Å². The van der Waals surface area contributed by atoms with Gasteiger partial charge in [0.25, 0.3) is 0 Å². The van der Waals surface area contributed by atoms with E-state index in [2.05, 4.69) is 38.1 Å². The highest BCUT2D eigenvalue weighted by molar-refractivity contribution is 5.46. The minimum absolute atomic E-state index is 0.216. The molecule has 2 N–H and O–H groups in total. The molecule has 0 aromatic heterocycles. The van der Waals surface area contributed by atoms with Crippen LogP contribution in [0.25, 0.3) is 0 Å². The Balaban J connectivity index is 2.32. The monoisotopic (exact) mass is 285 g/mol. The van der Waals surface area contributed by atoms with E-state index in [0.717, 1.165) is 22.6 Å². The van der Waals surface area contributed by atoms with Crippen LogP contribution in [0.5, 0.6) is 11.5 Å². The Morgan fingerprint density at radius 3 is 2.00 bits per heavy atom. The average molecular weight is 285 g/mol. The first-order chi connectivity index (χ1) is 10.1. The molecule has 1 atom stereocenters. The summed E-state index contributed by atoms with van der Waals surface area (Å²) >= 11 is 0. The fourth-order valence-electron chi connectivity index (χ4n) is 2.34. The topological polar surface area (TPSA) is 44.5 Å². The second-order valence-electron chi connectivity index (χ2n) is 5.41. The number of methoxy groups -OCH3 is 2. The number of rotatable bonds is 5. The molecular weight excluding hydrogens is 262 g/mol. The van der Waals surface area contributed by atoms with Crippen LogP contribution < -0.4 is 15.2 Å². The van der Waals surface area contributed by atoms with Gasteiger partial charge in [0.05, 0.1) is 20.3 Å². The van der Waals surface area contributed by atoms with Crippen LogP contribution in [-0.2, 0) is 0 Å². The number of hydrogen-bond acceptors (Lipinski definition) is 3. The highest BCUT2D eigenvalue weighted by atomic mass is 16.5. The van der Waals surface area contributed by atoms with Gasteiger partial charge in [-0.05, 0) is 29.2 Å². The third-order valence-electron chi connectivity index (χ3n) is 3.74. The molecule has 2 aromatic rings. The highest BCUT2D eigenvalue weighted by Gasteiger charge is 2.15. The number of benzene rings is 2. The molecule has 0 radical (unpaired) electrons. The van der Waals surface area contributed by atoms with Gasteiger partial charge in [-0.1, -0.05) is 38.1 Å². The van der Waals surface area contributed by atoms with Crippen LogP contribution in [0.3, 0.4) is 0 Å². The summed E-state index contributed by atoms with van der Waals surface area (Å²) in [4.78, 5) is 0. The van der Waals surface area contributed by atoms with Crippen molar-refractivity contribution in [2.45, 2.75) is 25.8 Å². The van der Waals surface area contributed by atoms with E-state index < -0.39 is 0 Å². The van der Waals surface area contributed by atoms with E-state index in [1.54, 1.807) is 14.2 Å². The molecule has 3 nitrogen and oxygen atoms in total. The van der Waals surface area contributed by atoms with Gasteiger partial charge < -0.3 is 15.2 Å². The van der Waals surface area contributed by atoms with Crippen molar-refractivity contribution in [3.8, 4) is 11.5 Å². The molecule has 0 spiro atoms. The lowest BCUT2D eigenvalue weighted by molar-refractivity contribution is 0.390. The van der Waals surface area contributed by atoms with Crippen molar-refractivity contribution in [3.63, 3.8) is 0 Å². The molecule has 0 saturated heterocycles. The van der Waals surface area contributed by atoms with Gasteiger partial charge in [0, 0.05) is 11.6 Å². The maximum Gasteiger partial charge on any atom is 0.127 e. The van der Waals surface area contributed by atoms with Crippen LogP contribution in [0.1, 0.15) is 42.5 Å². The largest absolute Gasteiger partial charge is 0.497 e. The first-order valence-electron chi connectivity index (χ1n) is 7.14. The van der Waals surface area contributed by atoms with Crippen LogP contribution in [0.2, 0.25) is 0 Å². The molecule has 2 rings (SSSR count). The second-order valence-corrected chi connectivity index (χ2v) is 5.41. The Kier molecular flexibility index (Phi) is 4.86. The van der Waals surface area contributed by atoms with Crippen LogP contribution >= 0.6 is 0 Å². The molecule has 0 aliphatic carbocycles. The zero-order chi connectivity index (χ0) is 15.4. The Labute approximate surface area is 126 Å². The quantitative estimate of drug-likeness (QED) is 0.906. The van der Waals surface area contributed by atoms with Crippen molar-refractivity contribution in [3.05, 3.63) is 59.2 Å². The Morgan fingerprint density at radius 1 is 0.857 bits per heavy atom. The standard InChI is InChI=1S/C18H23NO2/c1-12(2)13-5-7-14(8-6-13)18(19)16-10-9-15(20-3)11-17(16)21-4/h5-12,18H,19H2,1-4H3. The average Bonchev–Trinajstić information content (AvgIpc) is 2.53. The van der Waals surface area contributed by atoms with Gasteiger partial charge in [-0.2, -0.15) is 0 Å². The maximum absolute atomic E-state index is 6.39. The summed E-state index contributed by atoms with van der Waals surface area (Å²) < 4.78 is 10.7. The molecule has 1 unspecified atom stereocenters. The molecule has 0 saturated carbocycles. The smallest absolute Gasteiger partial charge is 0.127 e. The van der Waals surface area contributed by atoms with Gasteiger partial charge in [-0.25, -0.2) is 0 Å². The van der Waals surface area contributed by atoms with Crippen LogP contribution in [-0.4, -0.2) is 14.2 Å². The van der Waals surface area contributed by atoms with E-state index >= 15 is 0 Å². The summed E-state index contributed by atoms with van der Waals surface area (Å²) in [6.07, 6.45) is 0. The van der Waals surface area contributed by atoms with Crippen molar-refractivity contribution < 1.29 is 9.47 Å². The molecule has 0 heterocycles. The van der Waals surface area contributed by atoms with Gasteiger partial charge in [0.2, 0.25) is 0 Å². The molecular formula is C18H23NO2. The van der Waals surface area contributed by atoms with Crippen LogP contribution in [0, 0.1) is 0 Å². The van der Waals surface area contributed by atoms with E-state index in [1.165, 1.54) is 5.56 Å². The van der Waals surface area contributed by atoms with E-state index in [1.807, 2.05) is 18.2 Å². The first-order valence-corrected chi connectivity index (χ1v) is 7.14. The minimum Gasteiger partial charge on any atom is -0.497 e. The number of hydrogen-bond donors (Lipinski definition) is 1. The van der Waals surface area contributed by atoms with Crippen molar-refractivity contribution in [1.29, 1.82) is 0 Å². The maximum atomic E-state index is 6.39. The lowest BCUT2D eigenvalue weighted by Crippen LogP contribution is -2.13. The van der Waals surface area contributed by atoms with Gasteiger partial charge in [-0.3, -0.25) is 0 Å². The molecule has 3 heteroatoms. The zero-order valence-electron chi connectivity index (χ0n) is 13.1. The minimum atomic E-state index is -0.216.